The third-order valence-electron chi connectivity index (χ3n) is 2.01. The van der Waals surface area contributed by atoms with Crippen LogP contribution in [0.3, 0.4) is 0 Å². The number of nitrogens with two attached hydrogens (primary N) is 1. The van der Waals surface area contributed by atoms with Crippen molar-refractivity contribution in [3.05, 3.63) is 23.8 Å². The van der Waals surface area contributed by atoms with Gasteiger partial charge in [-0.15, -0.1) is 0 Å². The first kappa shape index (κ1) is 8.05. The van der Waals surface area contributed by atoms with Gasteiger partial charge in [-0.1, -0.05) is 0 Å². The lowest BCUT2D eigenvalue weighted by Gasteiger charge is -2.01. The molecule has 1 aliphatic heterocycles. The summed E-state index contributed by atoms with van der Waals surface area (Å²) in [5.41, 5.74) is 8.23. The average molecular weight is 174 g/mol. The zero-order chi connectivity index (χ0) is 9.26. The van der Waals surface area contributed by atoms with Crippen LogP contribution in [0.2, 0.25) is 0 Å². The van der Waals surface area contributed by atoms with Crippen molar-refractivity contribution in [2.24, 2.45) is 10.7 Å². The lowest BCUT2D eigenvalue weighted by atomic mass is 10.0. The van der Waals surface area contributed by atoms with Crippen LogP contribution in [0.25, 0.3) is 5.57 Å². The summed E-state index contributed by atoms with van der Waals surface area (Å²) >= 11 is 0. The van der Waals surface area contributed by atoms with Crippen molar-refractivity contribution in [1.82, 2.24) is 0 Å². The Morgan fingerprint density at radius 2 is 2.31 bits per heavy atom. The zero-order valence-corrected chi connectivity index (χ0v) is 7.12. The highest BCUT2D eigenvalue weighted by atomic mass is 16.3. The van der Waals surface area contributed by atoms with Crippen LogP contribution in [0.5, 0.6) is 5.75 Å². The summed E-state index contributed by atoms with van der Waals surface area (Å²) in [7, 11) is 0. The molecule has 1 aliphatic rings. The number of nitrogens with zero attached hydrogens (tertiary/aromatic N) is 1. The molecule has 66 valence electrons. The van der Waals surface area contributed by atoms with Gasteiger partial charge < -0.3 is 10.8 Å². The van der Waals surface area contributed by atoms with Gasteiger partial charge in [0.05, 0.1) is 5.69 Å². The van der Waals surface area contributed by atoms with Crippen LogP contribution in [0.4, 0.5) is 5.69 Å². The quantitative estimate of drug-likeness (QED) is 0.712. The van der Waals surface area contributed by atoms with E-state index >= 15 is 0 Å². The van der Waals surface area contributed by atoms with Crippen LogP contribution in [-0.2, 0) is 0 Å². The molecule has 0 fully saturated rings. The standard InChI is InChI=1S/C10H10N2O/c11-4-3-7-6-12-10-2-1-8(13)5-9(7)10/h1-2,5,13H,3-4,11H2. The number of fused-ring (bicyclic) bond motifs is 1. The van der Waals surface area contributed by atoms with Gasteiger partial charge in [0.15, 0.2) is 0 Å². The van der Waals surface area contributed by atoms with E-state index < -0.39 is 0 Å². The highest BCUT2D eigenvalue weighted by Gasteiger charge is 2.11. The van der Waals surface area contributed by atoms with Crippen LogP contribution >= 0.6 is 0 Å². The summed E-state index contributed by atoms with van der Waals surface area (Å²) in [6, 6.07) is 5.10. The van der Waals surface area contributed by atoms with Gasteiger partial charge in [0.1, 0.15) is 5.75 Å². The molecule has 3 N–H and O–H groups in total. The summed E-state index contributed by atoms with van der Waals surface area (Å²) in [4.78, 5) is 4.09. The molecule has 0 aliphatic carbocycles. The predicted octanol–water partition coefficient (Wildman–Crippen LogP) is 1.44. The van der Waals surface area contributed by atoms with Crippen molar-refractivity contribution in [3.63, 3.8) is 0 Å². The van der Waals surface area contributed by atoms with Crippen molar-refractivity contribution < 1.29 is 5.11 Å². The van der Waals surface area contributed by atoms with Crippen molar-refractivity contribution >= 4 is 17.1 Å². The Morgan fingerprint density at radius 3 is 3.08 bits per heavy atom. The average Bonchev–Trinajstić information content (AvgIpc) is 2.49. The van der Waals surface area contributed by atoms with E-state index in [2.05, 4.69) is 10.9 Å². The van der Waals surface area contributed by atoms with Crippen molar-refractivity contribution in [2.75, 3.05) is 6.54 Å². The summed E-state index contributed by atoms with van der Waals surface area (Å²) < 4.78 is 0. The normalized spacial score (nSPS) is 12.8. The number of aromatic hydroxyl groups is 1. The number of aliphatic imine (C=N–C) groups is 1. The van der Waals surface area contributed by atoms with Crippen LogP contribution in [0.15, 0.2) is 23.2 Å². The maximum absolute atomic E-state index is 9.27. The molecule has 1 aromatic carbocycles. The molecule has 13 heavy (non-hydrogen) atoms. The molecule has 0 saturated carbocycles. The summed E-state index contributed by atoms with van der Waals surface area (Å²) in [5, 5.41) is 9.27. The van der Waals surface area contributed by atoms with E-state index in [9.17, 15) is 5.11 Å². The van der Waals surface area contributed by atoms with Crippen LogP contribution < -0.4 is 5.73 Å². The second-order valence-electron chi connectivity index (χ2n) is 2.94. The van der Waals surface area contributed by atoms with E-state index in [1.165, 1.54) is 0 Å². The molecule has 0 spiro atoms. The Bertz CT molecular complexity index is 403. The fraction of sp³-hybridized carbons (Fsp3) is 0.200. The van der Waals surface area contributed by atoms with Crippen LogP contribution in [0, 0.1) is 0 Å². The Morgan fingerprint density at radius 1 is 1.46 bits per heavy atom. The number of hydrogen-bond acceptors (Lipinski definition) is 3. The maximum atomic E-state index is 9.27. The Balaban J connectivity index is 2.41. The molecule has 0 amide bonds. The Kier molecular flexibility index (Phi) is 1.89. The largest absolute Gasteiger partial charge is 0.508 e. The van der Waals surface area contributed by atoms with E-state index in [1.807, 2.05) is 0 Å². The third kappa shape index (κ3) is 1.35. The van der Waals surface area contributed by atoms with Gasteiger partial charge >= 0.3 is 0 Å². The van der Waals surface area contributed by atoms with Gasteiger partial charge in [0.2, 0.25) is 0 Å². The number of phenols is 1. The van der Waals surface area contributed by atoms with Crippen LogP contribution in [-0.4, -0.2) is 17.5 Å². The minimum Gasteiger partial charge on any atom is -0.508 e. The highest BCUT2D eigenvalue weighted by Crippen LogP contribution is 2.33. The highest BCUT2D eigenvalue weighted by molar-refractivity contribution is 5.99. The first-order valence-corrected chi connectivity index (χ1v) is 4.17. The van der Waals surface area contributed by atoms with Crippen molar-refractivity contribution in [1.29, 1.82) is 0 Å². The molecule has 0 saturated heterocycles. The second kappa shape index (κ2) is 3.05. The smallest absolute Gasteiger partial charge is 0.116 e. The first-order chi connectivity index (χ1) is 6.31. The van der Waals surface area contributed by atoms with E-state index in [1.54, 1.807) is 18.2 Å². The van der Waals surface area contributed by atoms with Gasteiger partial charge in [-0.3, -0.25) is 0 Å². The van der Waals surface area contributed by atoms with Gasteiger partial charge in [0, 0.05) is 11.1 Å². The first-order valence-electron chi connectivity index (χ1n) is 4.17. The zero-order valence-electron chi connectivity index (χ0n) is 7.12. The van der Waals surface area contributed by atoms with Gasteiger partial charge in [-0.05, 0) is 37.0 Å². The van der Waals surface area contributed by atoms with Crippen molar-refractivity contribution in [2.45, 2.75) is 6.42 Å². The third-order valence-corrected chi connectivity index (χ3v) is 2.01. The van der Waals surface area contributed by atoms with E-state index in [-0.39, 0.29) is 5.75 Å². The molecule has 0 bridgehead atoms. The summed E-state index contributed by atoms with van der Waals surface area (Å²) in [6.07, 6.45) is 0.750. The summed E-state index contributed by atoms with van der Waals surface area (Å²) in [6.45, 7) is 0.576. The van der Waals surface area contributed by atoms with E-state index in [4.69, 9.17) is 5.73 Å². The molecule has 0 atom stereocenters. The molecule has 0 unspecified atom stereocenters. The molecular formula is C10H10N2O. The topological polar surface area (TPSA) is 58.6 Å². The lowest BCUT2D eigenvalue weighted by molar-refractivity contribution is 0.475. The predicted molar refractivity (Wildman–Crippen MR) is 52.3 cm³/mol. The second-order valence-corrected chi connectivity index (χ2v) is 2.94. The van der Waals surface area contributed by atoms with Gasteiger partial charge in [-0.2, -0.15) is 0 Å². The van der Waals surface area contributed by atoms with Gasteiger partial charge in [-0.25, -0.2) is 4.99 Å². The fourth-order valence-electron chi connectivity index (χ4n) is 1.39. The van der Waals surface area contributed by atoms with Crippen LogP contribution in [0.1, 0.15) is 12.0 Å². The van der Waals surface area contributed by atoms with E-state index in [0.29, 0.717) is 6.54 Å². The van der Waals surface area contributed by atoms with Crippen molar-refractivity contribution in [3.8, 4) is 5.75 Å². The molecule has 1 aromatic rings. The molecular weight excluding hydrogens is 164 g/mol. The lowest BCUT2D eigenvalue weighted by Crippen LogP contribution is -1.99. The fourth-order valence-corrected chi connectivity index (χ4v) is 1.39. The molecule has 2 rings (SSSR count). The minimum atomic E-state index is 0.257. The van der Waals surface area contributed by atoms with E-state index in [0.717, 1.165) is 23.2 Å². The summed E-state index contributed by atoms with van der Waals surface area (Å²) in [5.74, 6) is 3.16. The molecule has 3 nitrogen and oxygen atoms in total. The molecule has 1 heterocycles. The Labute approximate surface area is 76.2 Å². The number of benzene rings is 1. The molecule has 3 heteroatoms. The molecule has 0 aromatic heterocycles. The Hall–Kier alpha value is -1.57. The minimum absolute atomic E-state index is 0.257. The SMILES string of the molecule is NCCC1=C=Nc2ccc(O)cc21. The van der Waals surface area contributed by atoms with Gasteiger partial charge in [0.25, 0.3) is 0 Å². The monoisotopic (exact) mass is 174 g/mol. The molecule has 0 radical (unpaired) electrons. The number of hydrogen-bond donors (Lipinski definition) is 2. The number of phenolic OH excluding ortho intramolecular Hbond substituents is 1. The maximum Gasteiger partial charge on any atom is 0.116 e. The number of rotatable bonds is 2.